The second kappa shape index (κ2) is 12.0. The Labute approximate surface area is 205 Å². The molecule has 1 aromatic rings. The maximum atomic E-state index is 14.3. The van der Waals surface area contributed by atoms with E-state index in [0.29, 0.717) is 11.8 Å². The highest BCUT2D eigenvalue weighted by atomic mass is 19.2. The number of hydrogen-bond acceptors (Lipinski definition) is 2. The Morgan fingerprint density at radius 2 is 1.65 bits per heavy atom. The first-order valence-corrected chi connectivity index (χ1v) is 14.1. The number of carbonyl (C=O) groups is 1. The molecule has 3 saturated carbocycles. The molecule has 4 heteroatoms. The largest absolute Gasteiger partial charge is 0.423 e. The zero-order chi connectivity index (χ0) is 24.1. The van der Waals surface area contributed by atoms with Crippen molar-refractivity contribution in [3.63, 3.8) is 0 Å². The normalized spacial score (nSPS) is 31.6. The molecule has 0 aliphatic heterocycles. The fraction of sp³-hybridized carbons (Fsp3) is 0.767. The SMILES string of the molecule is CCCCCCC1CCC(C2CCC3C(CCCC3C(=O)Oc3ccc(C)c(F)c3F)C2)CC1. The van der Waals surface area contributed by atoms with Gasteiger partial charge in [0.1, 0.15) is 0 Å². The lowest BCUT2D eigenvalue weighted by molar-refractivity contribution is -0.144. The molecule has 0 saturated heterocycles. The first-order valence-electron chi connectivity index (χ1n) is 14.1. The van der Waals surface area contributed by atoms with Crippen LogP contribution in [0.5, 0.6) is 5.75 Å². The van der Waals surface area contributed by atoms with Crippen LogP contribution in [-0.2, 0) is 4.79 Å². The minimum absolute atomic E-state index is 0.178. The summed E-state index contributed by atoms with van der Waals surface area (Å²) >= 11 is 0. The van der Waals surface area contributed by atoms with Crippen molar-refractivity contribution in [3.8, 4) is 5.75 Å². The molecule has 2 nitrogen and oxygen atoms in total. The number of ether oxygens (including phenoxy) is 1. The van der Waals surface area contributed by atoms with Crippen molar-refractivity contribution in [1.29, 1.82) is 0 Å². The predicted octanol–water partition coefficient (Wildman–Crippen LogP) is 8.79. The van der Waals surface area contributed by atoms with Crippen LogP contribution in [0.15, 0.2) is 12.1 Å². The average Bonchev–Trinajstić information content (AvgIpc) is 2.86. The first kappa shape index (κ1) is 25.6. The van der Waals surface area contributed by atoms with Gasteiger partial charge in [0.25, 0.3) is 0 Å². The highest BCUT2D eigenvalue weighted by Gasteiger charge is 2.43. The molecule has 0 spiro atoms. The van der Waals surface area contributed by atoms with Crippen LogP contribution in [0.2, 0.25) is 0 Å². The standard InChI is InChI=1S/C30H44F2O2/c1-3-4-5-6-8-21-12-14-22(15-13-21)23-16-17-25-24(19-23)9-7-10-26(25)30(33)34-27-18-11-20(2)28(31)29(27)32/h11,18,21-26H,3-10,12-17,19H2,1-2H3. The number of unbranched alkanes of at least 4 members (excludes halogenated alkanes) is 3. The number of rotatable bonds is 8. The Bertz CT molecular complexity index is 814. The van der Waals surface area contributed by atoms with E-state index < -0.39 is 11.6 Å². The molecule has 3 aliphatic carbocycles. The summed E-state index contributed by atoms with van der Waals surface area (Å²) in [6.07, 6.45) is 19.1. The van der Waals surface area contributed by atoms with Crippen LogP contribution in [0, 0.1) is 54.1 Å². The lowest BCUT2D eigenvalue weighted by Crippen LogP contribution is -2.40. The van der Waals surface area contributed by atoms with Gasteiger partial charge >= 0.3 is 5.97 Å². The molecule has 1 aromatic carbocycles. The minimum Gasteiger partial charge on any atom is -0.423 e. The van der Waals surface area contributed by atoms with Gasteiger partial charge in [-0.2, -0.15) is 4.39 Å². The van der Waals surface area contributed by atoms with Crippen molar-refractivity contribution in [2.75, 3.05) is 0 Å². The van der Waals surface area contributed by atoms with Crippen LogP contribution >= 0.6 is 0 Å². The van der Waals surface area contributed by atoms with E-state index in [1.54, 1.807) is 0 Å². The van der Waals surface area contributed by atoms with E-state index in [9.17, 15) is 13.6 Å². The van der Waals surface area contributed by atoms with Crippen LogP contribution in [0.25, 0.3) is 0 Å². The molecule has 0 heterocycles. The fourth-order valence-corrected chi connectivity index (χ4v) is 7.42. The topological polar surface area (TPSA) is 26.3 Å². The minimum atomic E-state index is -1.05. The lowest BCUT2D eigenvalue weighted by atomic mass is 9.59. The van der Waals surface area contributed by atoms with E-state index in [2.05, 4.69) is 6.92 Å². The monoisotopic (exact) mass is 474 g/mol. The number of fused-ring (bicyclic) bond motifs is 1. The summed E-state index contributed by atoms with van der Waals surface area (Å²) < 4.78 is 33.6. The van der Waals surface area contributed by atoms with Crippen molar-refractivity contribution in [1.82, 2.24) is 0 Å². The summed E-state index contributed by atoms with van der Waals surface area (Å²) in [5.74, 6) is 0.753. The quantitative estimate of drug-likeness (QED) is 0.214. The lowest BCUT2D eigenvalue weighted by Gasteiger charge is -2.46. The molecule has 0 radical (unpaired) electrons. The molecule has 3 aliphatic rings. The fourth-order valence-electron chi connectivity index (χ4n) is 7.42. The van der Waals surface area contributed by atoms with E-state index >= 15 is 0 Å². The summed E-state index contributed by atoms with van der Waals surface area (Å²) in [5, 5.41) is 0. The van der Waals surface area contributed by atoms with Crippen LogP contribution in [0.4, 0.5) is 8.78 Å². The second-order valence-corrected chi connectivity index (χ2v) is 11.6. The van der Waals surface area contributed by atoms with Gasteiger partial charge in [0, 0.05) is 0 Å². The maximum absolute atomic E-state index is 14.3. The molecule has 4 rings (SSSR count). The van der Waals surface area contributed by atoms with E-state index in [1.807, 2.05) is 0 Å². The number of hydrogen-bond donors (Lipinski definition) is 0. The van der Waals surface area contributed by atoms with E-state index in [-0.39, 0.29) is 23.2 Å². The van der Waals surface area contributed by atoms with Gasteiger partial charge < -0.3 is 4.74 Å². The third-order valence-electron chi connectivity index (χ3n) is 9.47. The average molecular weight is 475 g/mol. The van der Waals surface area contributed by atoms with Gasteiger partial charge in [0.05, 0.1) is 5.92 Å². The zero-order valence-corrected chi connectivity index (χ0v) is 21.3. The Morgan fingerprint density at radius 3 is 2.41 bits per heavy atom. The number of aryl methyl sites for hydroxylation is 1. The third kappa shape index (κ3) is 6.02. The number of esters is 1. The highest BCUT2D eigenvalue weighted by molar-refractivity contribution is 5.75. The van der Waals surface area contributed by atoms with E-state index in [0.717, 1.165) is 37.0 Å². The number of halogens is 2. The van der Waals surface area contributed by atoms with Gasteiger partial charge in [-0.25, -0.2) is 4.39 Å². The summed E-state index contributed by atoms with van der Waals surface area (Å²) in [6, 6.07) is 2.85. The highest BCUT2D eigenvalue weighted by Crippen LogP contribution is 2.50. The van der Waals surface area contributed by atoms with E-state index in [1.165, 1.54) is 96.1 Å². The molecular formula is C30H44F2O2. The second-order valence-electron chi connectivity index (χ2n) is 11.6. The predicted molar refractivity (Wildman–Crippen MR) is 133 cm³/mol. The Hall–Kier alpha value is -1.45. The Kier molecular flexibility index (Phi) is 9.04. The molecule has 4 unspecified atom stereocenters. The molecule has 0 amide bonds. The number of carbonyl (C=O) groups excluding carboxylic acids is 1. The van der Waals surface area contributed by atoms with Crippen molar-refractivity contribution in [2.24, 2.45) is 35.5 Å². The molecule has 34 heavy (non-hydrogen) atoms. The summed E-state index contributed by atoms with van der Waals surface area (Å²) in [6.45, 7) is 3.79. The Morgan fingerprint density at radius 1 is 0.882 bits per heavy atom. The van der Waals surface area contributed by atoms with Crippen LogP contribution in [-0.4, -0.2) is 5.97 Å². The molecule has 190 valence electrons. The van der Waals surface area contributed by atoms with Gasteiger partial charge in [-0.15, -0.1) is 0 Å². The van der Waals surface area contributed by atoms with Gasteiger partial charge in [-0.3, -0.25) is 4.79 Å². The number of benzene rings is 1. The smallest absolute Gasteiger partial charge is 0.314 e. The molecular weight excluding hydrogens is 430 g/mol. The zero-order valence-electron chi connectivity index (χ0n) is 21.3. The molecule has 3 fully saturated rings. The first-order chi connectivity index (χ1) is 16.5. The Balaban J connectivity index is 1.28. The molecule has 4 atom stereocenters. The van der Waals surface area contributed by atoms with Gasteiger partial charge in [0.15, 0.2) is 11.6 Å². The summed E-state index contributed by atoms with van der Waals surface area (Å²) in [5.41, 5.74) is 0.221. The van der Waals surface area contributed by atoms with Crippen LogP contribution in [0.3, 0.4) is 0 Å². The molecule has 0 aromatic heterocycles. The van der Waals surface area contributed by atoms with Gasteiger partial charge in [0.2, 0.25) is 5.82 Å². The molecule has 0 N–H and O–H groups in total. The third-order valence-corrected chi connectivity index (χ3v) is 9.47. The van der Waals surface area contributed by atoms with Crippen molar-refractivity contribution in [3.05, 3.63) is 29.3 Å². The van der Waals surface area contributed by atoms with Crippen molar-refractivity contribution < 1.29 is 18.3 Å². The maximum Gasteiger partial charge on any atom is 0.314 e. The van der Waals surface area contributed by atoms with Crippen molar-refractivity contribution >= 4 is 5.97 Å². The summed E-state index contributed by atoms with van der Waals surface area (Å²) in [4.78, 5) is 13.0. The summed E-state index contributed by atoms with van der Waals surface area (Å²) in [7, 11) is 0. The molecule has 0 bridgehead atoms. The van der Waals surface area contributed by atoms with Crippen LogP contribution in [0.1, 0.15) is 109 Å². The van der Waals surface area contributed by atoms with E-state index in [4.69, 9.17) is 4.74 Å². The van der Waals surface area contributed by atoms with Gasteiger partial charge in [-0.1, -0.05) is 70.8 Å². The van der Waals surface area contributed by atoms with Gasteiger partial charge in [-0.05, 0) is 86.7 Å². The van der Waals surface area contributed by atoms with Crippen LogP contribution < -0.4 is 4.74 Å². The van der Waals surface area contributed by atoms with Crippen molar-refractivity contribution in [2.45, 2.75) is 110 Å².